The molecule has 1 aromatic carbocycles. The second-order valence-corrected chi connectivity index (χ2v) is 9.80. The fraction of sp³-hybridized carbons (Fsp3) is 0.458. The number of nitrogens with zero attached hydrogens (tertiary/aromatic N) is 3. The van der Waals surface area contributed by atoms with Gasteiger partial charge >= 0.3 is 0 Å². The SMILES string of the molecule is CCOc1ccc(C)nc1C(=O)N1C2CC(C2)[C@@H](C)C1CNc1nc2ccc(F)cc2s1. The number of nitrogens with one attached hydrogen (secondary N) is 1. The van der Waals surface area contributed by atoms with Crippen LogP contribution in [0.4, 0.5) is 9.52 Å². The molecule has 0 radical (unpaired) electrons. The first kappa shape index (κ1) is 21.1. The number of aryl methyl sites for hydroxylation is 1. The summed E-state index contributed by atoms with van der Waals surface area (Å²) in [5, 5.41) is 4.17. The van der Waals surface area contributed by atoms with Gasteiger partial charge in [-0.1, -0.05) is 18.3 Å². The van der Waals surface area contributed by atoms with Crippen LogP contribution in [0.3, 0.4) is 0 Å². The standard InChI is InChI=1S/C24H27FN4O2S/c1-4-31-20-8-5-13(2)27-22(20)23(30)29-17-9-15(10-17)14(3)19(29)12-26-24-28-18-7-6-16(25)11-21(18)32-24/h5-8,11,14-15,17,19H,4,9-10,12H2,1-3H3,(H,26,28)/t14-,15?,17?,19?/m1/s1. The number of halogens is 1. The Labute approximate surface area is 190 Å². The maximum atomic E-state index is 13.7. The second-order valence-electron chi connectivity index (χ2n) is 8.77. The van der Waals surface area contributed by atoms with E-state index in [1.165, 1.54) is 23.5 Å². The molecule has 6 nitrogen and oxygen atoms in total. The Morgan fingerprint density at radius 1 is 1.28 bits per heavy atom. The summed E-state index contributed by atoms with van der Waals surface area (Å²) in [5.74, 6) is 1.21. The molecule has 168 valence electrons. The fourth-order valence-electron chi connectivity index (χ4n) is 4.98. The van der Waals surface area contributed by atoms with E-state index in [0.29, 0.717) is 36.4 Å². The number of hydrogen-bond donors (Lipinski definition) is 1. The van der Waals surface area contributed by atoms with E-state index in [2.05, 4.69) is 22.2 Å². The number of hydrogen-bond acceptors (Lipinski definition) is 6. The molecule has 2 aromatic heterocycles. The molecule has 3 aromatic rings. The van der Waals surface area contributed by atoms with Crippen LogP contribution in [0.2, 0.25) is 0 Å². The van der Waals surface area contributed by atoms with Crippen LogP contribution in [0.5, 0.6) is 5.75 Å². The number of rotatable bonds is 6. The average Bonchev–Trinajstić information content (AvgIpc) is 3.14. The van der Waals surface area contributed by atoms with Crippen molar-refractivity contribution in [1.82, 2.24) is 14.9 Å². The summed E-state index contributed by atoms with van der Waals surface area (Å²) in [4.78, 5) is 24.9. The third-order valence-corrected chi connectivity index (χ3v) is 7.77. The fourth-order valence-corrected chi connectivity index (χ4v) is 5.88. The molecule has 2 aliphatic heterocycles. The average molecular weight is 455 g/mol. The number of pyridine rings is 1. The zero-order valence-electron chi connectivity index (χ0n) is 18.5. The molecule has 1 N–H and O–H groups in total. The summed E-state index contributed by atoms with van der Waals surface area (Å²) in [7, 11) is 0. The Balaban J connectivity index is 1.40. The van der Waals surface area contributed by atoms with E-state index in [4.69, 9.17) is 4.74 Å². The summed E-state index contributed by atoms with van der Waals surface area (Å²) in [6.07, 6.45) is 2.08. The van der Waals surface area contributed by atoms with Gasteiger partial charge in [-0.3, -0.25) is 4.79 Å². The molecule has 4 heterocycles. The highest BCUT2D eigenvalue weighted by Crippen LogP contribution is 2.47. The number of carbonyl (C=O) groups is 1. The van der Waals surface area contributed by atoms with Gasteiger partial charge in [-0.05, 0) is 68.9 Å². The topological polar surface area (TPSA) is 67.3 Å². The van der Waals surface area contributed by atoms with Crippen LogP contribution in [0.1, 0.15) is 42.9 Å². The quantitative estimate of drug-likeness (QED) is 0.575. The number of benzene rings is 1. The van der Waals surface area contributed by atoms with E-state index in [1.807, 2.05) is 30.9 Å². The van der Waals surface area contributed by atoms with Crippen molar-refractivity contribution in [3.63, 3.8) is 0 Å². The molecule has 2 atom stereocenters. The number of thiazole rings is 1. The lowest BCUT2D eigenvalue weighted by Crippen LogP contribution is -2.64. The Hall–Kier alpha value is -2.74. The van der Waals surface area contributed by atoms with Crippen molar-refractivity contribution in [2.75, 3.05) is 18.5 Å². The van der Waals surface area contributed by atoms with Gasteiger partial charge < -0.3 is 15.0 Å². The molecule has 1 aliphatic carbocycles. The Morgan fingerprint density at radius 3 is 2.88 bits per heavy atom. The smallest absolute Gasteiger partial charge is 0.276 e. The van der Waals surface area contributed by atoms with Crippen molar-refractivity contribution >= 4 is 32.6 Å². The largest absolute Gasteiger partial charge is 0.491 e. The zero-order valence-corrected chi connectivity index (χ0v) is 19.3. The second kappa shape index (κ2) is 8.31. The van der Waals surface area contributed by atoms with E-state index < -0.39 is 0 Å². The first-order valence-electron chi connectivity index (χ1n) is 11.2. The van der Waals surface area contributed by atoms with Gasteiger partial charge in [0, 0.05) is 18.3 Å². The van der Waals surface area contributed by atoms with Crippen LogP contribution in [0.15, 0.2) is 30.3 Å². The minimum atomic E-state index is -0.263. The molecule has 2 bridgehead atoms. The van der Waals surface area contributed by atoms with Gasteiger partial charge in [0.25, 0.3) is 5.91 Å². The molecule has 3 fully saturated rings. The van der Waals surface area contributed by atoms with Crippen molar-refractivity contribution in [2.45, 2.75) is 45.7 Å². The number of fused-ring (bicyclic) bond motifs is 3. The summed E-state index contributed by atoms with van der Waals surface area (Å²) in [6, 6.07) is 8.59. The first-order chi connectivity index (χ1) is 15.4. The van der Waals surface area contributed by atoms with Crippen molar-refractivity contribution in [1.29, 1.82) is 0 Å². The number of amides is 1. The zero-order chi connectivity index (χ0) is 22.4. The molecule has 1 unspecified atom stereocenters. The lowest BCUT2D eigenvalue weighted by atomic mass is 9.64. The predicted octanol–water partition coefficient (Wildman–Crippen LogP) is 4.89. The van der Waals surface area contributed by atoms with Gasteiger partial charge in [0.2, 0.25) is 0 Å². The number of carbonyl (C=O) groups excluding carboxylic acids is 1. The molecule has 3 aliphatic rings. The van der Waals surface area contributed by atoms with E-state index in [0.717, 1.165) is 33.9 Å². The van der Waals surface area contributed by atoms with Gasteiger partial charge in [0.05, 0.1) is 22.9 Å². The number of ether oxygens (including phenoxy) is 1. The monoisotopic (exact) mass is 454 g/mol. The number of piperidine rings is 2. The van der Waals surface area contributed by atoms with Gasteiger partial charge in [-0.25, -0.2) is 14.4 Å². The van der Waals surface area contributed by atoms with Crippen molar-refractivity contribution in [2.24, 2.45) is 11.8 Å². The molecule has 1 saturated carbocycles. The van der Waals surface area contributed by atoms with Crippen molar-refractivity contribution < 1.29 is 13.9 Å². The molecule has 0 spiro atoms. The Bertz CT molecular complexity index is 1160. The molecule has 1 amide bonds. The van der Waals surface area contributed by atoms with Crippen molar-refractivity contribution in [3.05, 3.63) is 47.5 Å². The van der Waals surface area contributed by atoms with Crippen LogP contribution in [0, 0.1) is 24.6 Å². The van der Waals surface area contributed by atoms with Crippen LogP contribution < -0.4 is 10.1 Å². The summed E-state index contributed by atoms with van der Waals surface area (Å²) in [6.45, 7) is 7.10. The van der Waals surface area contributed by atoms with Crippen LogP contribution in [-0.4, -0.2) is 46.0 Å². The normalized spacial score (nSPS) is 24.3. The van der Waals surface area contributed by atoms with E-state index in [9.17, 15) is 9.18 Å². The summed E-state index contributed by atoms with van der Waals surface area (Å²) >= 11 is 1.43. The lowest BCUT2D eigenvalue weighted by molar-refractivity contribution is -0.0506. The lowest BCUT2D eigenvalue weighted by Gasteiger charge is -2.57. The summed E-state index contributed by atoms with van der Waals surface area (Å²) < 4.78 is 20.1. The third-order valence-electron chi connectivity index (χ3n) is 6.80. The first-order valence-corrected chi connectivity index (χ1v) is 12.0. The molecule has 6 rings (SSSR count). The van der Waals surface area contributed by atoms with Crippen LogP contribution in [-0.2, 0) is 0 Å². The minimum Gasteiger partial charge on any atom is -0.491 e. The maximum absolute atomic E-state index is 13.7. The van der Waals surface area contributed by atoms with Gasteiger partial charge in [0.1, 0.15) is 5.82 Å². The molecule has 32 heavy (non-hydrogen) atoms. The number of anilines is 1. The highest BCUT2D eigenvalue weighted by atomic mass is 32.1. The molecule has 8 heteroatoms. The number of aromatic nitrogens is 2. The van der Waals surface area contributed by atoms with Crippen LogP contribution in [0.25, 0.3) is 10.2 Å². The molecular formula is C24H27FN4O2S. The highest BCUT2D eigenvalue weighted by Gasteiger charge is 2.51. The van der Waals surface area contributed by atoms with Crippen LogP contribution >= 0.6 is 11.3 Å². The van der Waals surface area contributed by atoms with E-state index in [1.54, 1.807) is 6.07 Å². The predicted molar refractivity (Wildman–Crippen MR) is 124 cm³/mol. The van der Waals surface area contributed by atoms with E-state index >= 15 is 0 Å². The van der Waals surface area contributed by atoms with Crippen molar-refractivity contribution in [3.8, 4) is 5.75 Å². The maximum Gasteiger partial charge on any atom is 0.276 e. The Morgan fingerprint density at radius 2 is 2.09 bits per heavy atom. The Kier molecular flexibility index (Phi) is 5.49. The third kappa shape index (κ3) is 3.70. The van der Waals surface area contributed by atoms with Gasteiger partial charge in [-0.15, -0.1) is 0 Å². The highest BCUT2D eigenvalue weighted by molar-refractivity contribution is 7.22. The summed E-state index contributed by atoms with van der Waals surface area (Å²) in [5.41, 5.74) is 1.96. The van der Waals surface area contributed by atoms with Gasteiger partial charge in [0.15, 0.2) is 16.6 Å². The molecular weight excluding hydrogens is 427 g/mol. The minimum absolute atomic E-state index is 0.0283. The van der Waals surface area contributed by atoms with E-state index in [-0.39, 0.29) is 23.8 Å². The molecule has 2 saturated heterocycles. The van der Waals surface area contributed by atoms with Gasteiger partial charge in [-0.2, -0.15) is 0 Å².